The van der Waals surface area contributed by atoms with Crippen molar-refractivity contribution in [1.82, 2.24) is 5.32 Å². The number of amides is 1. The van der Waals surface area contributed by atoms with E-state index in [0.29, 0.717) is 18.0 Å². The molecule has 2 aromatic rings. The Morgan fingerprint density at radius 2 is 1.89 bits per heavy atom. The Morgan fingerprint density at radius 1 is 1.15 bits per heavy atom. The number of carbonyl (C=O) groups excluding carboxylic acids is 1. The van der Waals surface area contributed by atoms with Crippen molar-refractivity contribution in [1.29, 1.82) is 0 Å². The molecule has 2 aromatic carbocycles. The fourth-order valence-corrected chi connectivity index (χ4v) is 3.65. The lowest BCUT2D eigenvalue weighted by molar-refractivity contribution is -0.119. The van der Waals surface area contributed by atoms with Crippen LogP contribution in [0.4, 0.5) is 5.69 Å². The second kappa shape index (κ2) is 9.41. The standard InChI is InChI=1S/C20H26N2O4S/c1-16-8-6-9-17(14-16)10-7-13-21-20(23)15-22(27(3,24)25)18-11-4-5-12-19(18)26-2/h4-6,8-9,11-12,14H,7,10,13,15H2,1-3H3,(H,21,23). The Kier molecular flexibility index (Phi) is 7.24. The van der Waals surface area contributed by atoms with E-state index < -0.39 is 10.0 Å². The van der Waals surface area contributed by atoms with E-state index in [-0.39, 0.29) is 12.5 Å². The number of carbonyl (C=O) groups is 1. The maximum absolute atomic E-state index is 12.3. The number of nitrogens with zero attached hydrogens (tertiary/aromatic N) is 1. The number of hydrogen-bond acceptors (Lipinski definition) is 4. The van der Waals surface area contributed by atoms with Crippen LogP contribution in [-0.2, 0) is 21.2 Å². The van der Waals surface area contributed by atoms with Crippen LogP contribution in [0.25, 0.3) is 0 Å². The first kappa shape index (κ1) is 20.8. The molecule has 0 bridgehead atoms. The molecule has 0 spiro atoms. The van der Waals surface area contributed by atoms with E-state index in [1.54, 1.807) is 24.3 Å². The van der Waals surface area contributed by atoms with Gasteiger partial charge < -0.3 is 10.1 Å². The summed E-state index contributed by atoms with van der Waals surface area (Å²) in [6.07, 6.45) is 2.71. The van der Waals surface area contributed by atoms with Crippen LogP contribution >= 0.6 is 0 Å². The molecule has 27 heavy (non-hydrogen) atoms. The van der Waals surface area contributed by atoms with Crippen molar-refractivity contribution < 1.29 is 17.9 Å². The summed E-state index contributed by atoms with van der Waals surface area (Å²) < 4.78 is 30.6. The predicted molar refractivity (Wildman–Crippen MR) is 108 cm³/mol. The lowest BCUT2D eigenvalue weighted by Gasteiger charge is -2.23. The molecule has 0 radical (unpaired) electrons. The summed E-state index contributed by atoms with van der Waals surface area (Å²) in [5.74, 6) is 0.0470. The highest BCUT2D eigenvalue weighted by Crippen LogP contribution is 2.29. The monoisotopic (exact) mass is 390 g/mol. The highest BCUT2D eigenvalue weighted by Gasteiger charge is 2.23. The molecule has 0 heterocycles. The van der Waals surface area contributed by atoms with Crippen LogP contribution in [-0.4, -0.2) is 40.8 Å². The summed E-state index contributed by atoms with van der Waals surface area (Å²) in [4.78, 5) is 12.3. The van der Waals surface area contributed by atoms with Crippen molar-refractivity contribution in [2.45, 2.75) is 19.8 Å². The van der Waals surface area contributed by atoms with Crippen LogP contribution in [0, 0.1) is 6.92 Å². The van der Waals surface area contributed by atoms with Gasteiger partial charge in [0, 0.05) is 6.54 Å². The molecule has 0 aliphatic rings. The third-order valence-electron chi connectivity index (χ3n) is 4.09. The van der Waals surface area contributed by atoms with Gasteiger partial charge in [0.2, 0.25) is 15.9 Å². The fraction of sp³-hybridized carbons (Fsp3) is 0.350. The number of anilines is 1. The Hall–Kier alpha value is -2.54. The second-order valence-electron chi connectivity index (χ2n) is 6.38. The van der Waals surface area contributed by atoms with Crippen molar-refractivity contribution in [2.75, 3.05) is 30.8 Å². The van der Waals surface area contributed by atoms with Gasteiger partial charge in [-0.25, -0.2) is 8.42 Å². The number of benzene rings is 2. The van der Waals surface area contributed by atoms with E-state index in [0.717, 1.165) is 23.4 Å². The molecule has 146 valence electrons. The molecule has 0 aliphatic carbocycles. The Bertz CT molecular complexity index is 881. The van der Waals surface area contributed by atoms with E-state index in [1.807, 2.05) is 19.1 Å². The topological polar surface area (TPSA) is 75.7 Å². The molecule has 0 fully saturated rings. The number of hydrogen-bond donors (Lipinski definition) is 1. The van der Waals surface area contributed by atoms with Gasteiger partial charge in [0.25, 0.3) is 0 Å². The van der Waals surface area contributed by atoms with Gasteiger partial charge in [0.1, 0.15) is 12.3 Å². The molecule has 0 unspecified atom stereocenters. The summed E-state index contributed by atoms with van der Waals surface area (Å²) >= 11 is 0. The average Bonchev–Trinajstić information content (AvgIpc) is 2.62. The summed E-state index contributed by atoms with van der Waals surface area (Å²) in [5, 5.41) is 2.79. The van der Waals surface area contributed by atoms with Crippen LogP contribution in [0.3, 0.4) is 0 Å². The van der Waals surface area contributed by atoms with Gasteiger partial charge in [0.15, 0.2) is 0 Å². The number of nitrogens with one attached hydrogen (secondary N) is 1. The smallest absolute Gasteiger partial charge is 0.240 e. The zero-order valence-electron chi connectivity index (χ0n) is 15.9. The maximum atomic E-state index is 12.3. The van der Waals surface area contributed by atoms with Crippen LogP contribution in [0.15, 0.2) is 48.5 Å². The van der Waals surface area contributed by atoms with Crippen molar-refractivity contribution in [3.63, 3.8) is 0 Å². The molecule has 0 atom stereocenters. The number of ether oxygens (including phenoxy) is 1. The molecule has 6 nitrogen and oxygen atoms in total. The van der Waals surface area contributed by atoms with Gasteiger partial charge in [0.05, 0.1) is 19.1 Å². The Morgan fingerprint density at radius 3 is 2.56 bits per heavy atom. The predicted octanol–water partition coefficient (Wildman–Crippen LogP) is 2.52. The zero-order chi connectivity index (χ0) is 19.9. The van der Waals surface area contributed by atoms with Crippen molar-refractivity contribution in [2.24, 2.45) is 0 Å². The quantitative estimate of drug-likeness (QED) is 0.668. The molecule has 0 saturated heterocycles. The largest absolute Gasteiger partial charge is 0.495 e. The molecular formula is C20H26N2O4S. The minimum atomic E-state index is -3.63. The Labute approximate surface area is 161 Å². The van der Waals surface area contributed by atoms with Gasteiger partial charge in [-0.1, -0.05) is 42.0 Å². The minimum absolute atomic E-state index is 0.288. The lowest BCUT2D eigenvalue weighted by Crippen LogP contribution is -2.40. The van der Waals surface area contributed by atoms with Crippen molar-refractivity contribution in [3.05, 3.63) is 59.7 Å². The van der Waals surface area contributed by atoms with E-state index in [2.05, 4.69) is 17.4 Å². The minimum Gasteiger partial charge on any atom is -0.495 e. The first-order chi connectivity index (χ1) is 12.8. The van der Waals surface area contributed by atoms with Gasteiger partial charge >= 0.3 is 0 Å². The van der Waals surface area contributed by atoms with Crippen LogP contribution < -0.4 is 14.4 Å². The Balaban J connectivity index is 1.94. The molecule has 7 heteroatoms. The normalized spacial score (nSPS) is 11.1. The van der Waals surface area contributed by atoms with Gasteiger partial charge in [-0.2, -0.15) is 0 Å². The third-order valence-corrected chi connectivity index (χ3v) is 5.21. The van der Waals surface area contributed by atoms with Gasteiger partial charge in [-0.05, 0) is 37.5 Å². The number of para-hydroxylation sites is 2. The fourth-order valence-electron chi connectivity index (χ4n) is 2.79. The highest BCUT2D eigenvalue weighted by molar-refractivity contribution is 7.92. The van der Waals surface area contributed by atoms with Gasteiger partial charge in [-0.3, -0.25) is 9.10 Å². The lowest BCUT2D eigenvalue weighted by atomic mass is 10.1. The maximum Gasteiger partial charge on any atom is 0.240 e. The molecule has 2 rings (SSSR count). The van der Waals surface area contributed by atoms with E-state index in [1.165, 1.54) is 18.2 Å². The number of aryl methyl sites for hydroxylation is 2. The van der Waals surface area contributed by atoms with E-state index in [4.69, 9.17) is 4.74 Å². The first-order valence-electron chi connectivity index (χ1n) is 8.74. The van der Waals surface area contributed by atoms with Crippen LogP contribution in [0.5, 0.6) is 5.75 Å². The van der Waals surface area contributed by atoms with E-state index >= 15 is 0 Å². The summed E-state index contributed by atoms with van der Waals surface area (Å²) in [6, 6.07) is 15.0. The van der Waals surface area contributed by atoms with Crippen molar-refractivity contribution in [3.8, 4) is 5.75 Å². The highest BCUT2D eigenvalue weighted by atomic mass is 32.2. The summed E-state index contributed by atoms with van der Waals surface area (Å²) in [6.45, 7) is 2.24. The number of methoxy groups -OCH3 is 1. The zero-order valence-corrected chi connectivity index (χ0v) is 16.8. The summed E-state index contributed by atoms with van der Waals surface area (Å²) in [7, 11) is -2.17. The molecule has 1 N–H and O–H groups in total. The van der Waals surface area contributed by atoms with Crippen molar-refractivity contribution >= 4 is 21.6 Å². The molecule has 0 aromatic heterocycles. The molecule has 0 aliphatic heterocycles. The second-order valence-corrected chi connectivity index (χ2v) is 8.29. The van der Waals surface area contributed by atoms with E-state index in [9.17, 15) is 13.2 Å². The molecule has 0 saturated carbocycles. The SMILES string of the molecule is COc1ccccc1N(CC(=O)NCCCc1cccc(C)c1)S(C)(=O)=O. The number of sulfonamides is 1. The first-order valence-corrected chi connectivity index (χ1v) is 10.6. The molecular weight excluding hydrogens is 364 g/mol. The van der Waals surface area contributed by atoms with Gasteiger partial charge in [-0.15, -0.1) is 0 Å². The van der Waals surface area contributed by atoms with Crippen LogP contribution in [0.1, 0.15) is 17.5 Å². The molecule has 1 amide bonds. The van der Waals surface area contributed by atoms with Crippen LogP contribution in [0.2, 0.25) is 0 Å². The summed E-state index contributed by atoms with van der Waals surface area (Å²) in [5.41, 5.74) is 2.77. The average molecular weight is 391 g/mol. The third kappa shape index (κ3) is 6.29. The number of rotatable bonds is 9.